The van der Waals surface area contributed by atoms with Crippen molar-refractivity contribution in [2.75, 3.05) is 0 Å². The van der Waals surface area contributed by atoms with Gasteiger partial charge in [0.25, 0.3) is 0 Å². The maximum Gasteiger partial charge on any atom is 0.160 e. The van der Waals surface area contributed by atoms with Crippen molar-refractivity contribution in [3.05, 3.63) is 236 Å². The fraction of sp³-hybridized carbons (Fsp3) is 0.0938. The molecule has 0 saturated heterocycles. The van der Waals surface area contributed by atoms with Crippen LogP contribution in [0.5, 0.6) is 0 Å². The van der Waals surface area contributed by atoms with Crippen LogP contribution in [0.1, 0.15) is 43.2 Å². The summed E-state index contributed by atoms with van der Waals surface area (Å²) in [5.41, 5.74) is 21.6. The van der Waals surface area contributed by atoms with Crippen molar-refractivity contribution in [3.63, 3.8) is 0 Å². The highest BCUT2D eigenvalue weighted by Crippen LogP contribution is 2.57. The van der Waals surface area contributed by atoms with Crippen LogP contribution in [0.15, 0.2) is 224 Å². The molecule has 1 spiro atoms. The Balaban J connectivity index is 0.923. The third-order valence-corrected chi connectivity index (χ3v) is 14.7. The molecular formula is C64H47N3. The maximum absolute atomic E-state index is 5.16. The van der Waals surface area contributed by atoms with E-state index in [-0.39, 0.29) is 5.41 Å². The molecule has 2 heterocycles. The topological polar surface area (TPSA) is 30.7 Å². The van der Waals surface area contributed by atoms with Crippen LogP contribution in [-0.4, -0.2) is 14.5 Å². The van der Waals surface area contributed by atoms with E-state index in [4.69, 9.17) is 9.97 Å². The van der Waals surface area contributed by atoms with Crippen LogP contribution in [0, 0.1) is 0 Å². The molecule has 2 aliphatic rings. The highest BCUT2D eigenvalue weighted by atomic mass is 15.0. The van der Waals surface area contributed by atoms with E-state index in [0.29, 0.717) is 5.82 Å². The molecule has 11 aromatic rings. The van der Waals surface area contributed by atoms with E-state index >= 15 is 0 Å². The van der Waals surface area contributed by atoms with Crippen LogP contribution in [0.25, 0.3) is 106 Å². The van der Waals surface area contributed by atoms with Gasteiger partial charge in [0, 0.05) is 38.6 Å². The number of fused-ring (bicyclic) bond motifs is 8. The molecule has 1 saturated carbocycles. The Labute approximate surface area is 391 Å². The Kier molecular flexibility index (Phi) is 9.42. The average Bonchev–Trinajstić information content (AvgIpc) is 3.87. The second-order valence-electron chi connectivity index (χ2n) is 18.4. The smallest absolute Gasteiger partial charge is 0.160 e. The second kappa shape index (κ2) is 16.1. The van der Waals surface area contributed by atoms with E-state index in [0.717, 1.165) is 39.3 Å². The van der Waals surface area contributed by atoms with Crippen molar-refractivity contribution in [2.24, 2.45) is 0 Å². The fourth-order valence-corrected chi connectivity index (χ4v) is 11.3. The molecule has 9 aromatic carbocycles. The molecule has 2 aliphatic carbocycles. The zero-order valence-corrected chi connectivity index (χ0v) is 37.2. The normalized spacial score (nSPS) is 13.8. The SMILES string of the molecule is c1ccc(-c2ccc(-c3cc(-c4ccc(-c5ccc6c7cc8c(cc7n(-c7ccc(-c9ccccc9)cc7)c6c5)-c5ccccc5C85CCCCC5)cc4)nc(-c4ccccc4)n3)cc2)cc1. The molecule has 0 aliphatic heterocycles. The largest absolute Gasteiger partial charge is 0.309 e. The van der Waals surface area contributed by atoms with Gasteiger partial charge in [0.05, 0.1) is 22.4 Å². The van der Waals surface area contributed by atoms with Crippen LogP contribution in [-0.2, 0) is 5.41 Å². The summed E-state index contributed by atoms with van der Waals surface area (Å²) in [5.74, 6) is 0.711. The third kappa shape index (κ3) is 6.72. The maximum atomic E-state index is 5.16. The van der Waals surface area contributed by atoms with Gasteiger partial charge in [-0.05, 0) is 105 Å². The van der Waals surface area contributed by atoms with Gasteiger partial charge >= 0.3 is 0 Å². The zero-order valence-electron chi connectivity index (χ0n) is 37.2. The van der Waals surface area contributed by atoms with Crippen LogP contribution in [0.3, 0.4) is 0 Å². The van der Waals surface area contributed by atoms with Crippen LogP contribution >= 0.6 is 0 Å². The first-order chi connectivity index (χ1) is 33.2. The highest BCUT2D eigenvalue weighted by Gasteiger charge is 2.44. The van der Waals surface area contributed by atoms with Gasteiger partial charge in [0.1, 0.15) is 0 Å². The van der Waals surface area contributed by atoms with Gasteiger partial charge < -0.3 is 4.57 Å². The molecule has 0 N–H and O–H groups in total. The minimum Gasteiger partial charge on any atom is -0.309 e. The molecule has 0 amide bonds. The molecule has 0 unspecified atom stereocenters. The molecular weight excluding hydrogens is 811 g/mol. The summed E-state index contributed by atoms with van der Waals surface area (Å²) >= 11 is 0. The van der Waals surface area contributed by atoms with Gasteiger partial charge in [-0.2, -0.15) is 0 Å². The Bertz CT molecular complexity index is 3600. The fourth-order valence-electron chi connectivity index (χ4n) is 11.3. The molecule has 67 heavy (non-hydrogen) atoms. The first-order valence-electron chi connectivity index (χ1n) is 23.8. The Morgan fingerprint density at radius 3 is 1.42 bits per heavy atom. The lowest BCUT2D eigenvalue weighted by molar-refractivity contribution is 0.353. The Morgan fingerprint density at radius 2 is 0.806 bits per heavy atom. The van der Waals surface area contributed by atoms with Crippen LogP contribution in [0.4, 0.5) is 0 Å². The third-order valence-electron chi connectivity index (χ3n) is 14.7. The van der Waals surface area contributed by atoms with E-state index in [1.807, 2.05) is 18.2 Å². The van der Waals surface area contributed by atoms with Gasteiger partial charge in [0.2, 0.25) is 0 Å². The summed E-state index contributed by atoms with van der Waals surface area (Å²) in [7, 11) is 0. The molecule has 2 aromatic heterocycles. The molecule has 0 bridgehead atoms. The van der Waals surface area contributed by atoms with Crippen molar-refractivity contribution in [2.45, 2.75) is 37.5 Å². The number of rotatable bonds is 7. The summed E-state index contributed by atoms with van der Waals surface area (Å²) in [4.78, 5) is 10.3. The first-order valence-corrected chi connectivity index (χ1v) is 23.8. The standard InChI is InChI=1S/C64H47N3/c1-5-15-43(16-6-1)45-23-27-48(28-24-45)59-42-60(66-63(65-59)50-19-9-3-10-20-50)49-29-25-47(26-30-49)51-33-36-54-56-40-58-55(53-21-11-12-22-57(53)64(58)37-13-4-14-38-64)41-62(56)67(61(54)39-51)52-34-31-46(32-35-52)44-17-7-2-8-18-44/h1-3,5-12,15-36,39-42H,4,13-14,37-38H2. The van der Waals surface area contributed by atoms with Gasteiger partial charge in [-0.25, -0.2) is 9.97 Å². The van der Waals surface area contributed by atoms with Crippen molar-refractivity contribution in [3.8, 4) is 84.1 Å². The van der Waals surface area contributed by atoms with E-state index in [1.54, 1.807) is 0 Å². The quantitative estimate of drug-likeness (QED) is 0.160. The predicted octanol–water partition coefficient (Wildman–Crippen LogP) is 16.8. The minimum atomic E-state index is 0.0884. The molecule has 318 valence electrons. The molecule has 3 heteroatoms. The van der Waals surface area contributed by atoms with Crippen molar-refractivity contribution in [1.29, 1.82) is 0 Å². The molecule has 0 atom stereocenters. The molecule has 0 radical (unpaired) electrons. The average molecular weight is 858 g/mol. The summed E-state index contributed by atoms with van der Waals surface area (Å²) in [6.45, 7) is 0. The summed E-state index contributed by atoms with van der Waals surface area (Å²) in [5, 5.41) is 2.61. The van der Waals surface area contributed by atoms with Crippen molar-refractivity contribution < 1.29 is 0 Å². The van der Waals surface area contributed by atoms with Gasteiger partial charge in [-0.3, -0.25) is 0 Å². The minimum absolute atomic E-state index is 0.0884. The van der Waals surface area contributed by atoms with Crippen LogP contribution in [0.2, 0.25) is 0 Å². The van der Waals surface area contributed by atoms with E-state index < -0.39 is 0 Å². The van der Waals surface area contributed by atoms with E-state index in [2.05, 4.69) is 211 Å². The highest BCUT2D eigenvalue weighted by molar-refractivity contribution is 6.12. The van der Waals surface area contributed by atoms with E-state index in [1.165, 1.54) is 104 Å². The second-order valence-corrected chi connectivity index (χ2v) is 18.4. The van der Waals surface area contributed by atoms with Crippen molar-refractivity contribution in [1.82, 2.24) is 14.5 Å². The van der Waals surface area contributed by atoms with Gasteiger partial charge in [0.15, 0.2) is 5.82 Å². The monoisotopic (exact) mass is 857 g/mol. The number of benzene rings is 9. The van der Waals surface area contributed by atoms with Gasteiger partial charge in [-0.15, -0.1) is 0 Å². The Morgan fingerprint density at radius 1 is 0.328 bits per heavy atom. The summed E-state index contributed by atoms with van der Waals surface area (Å²) < 4.78 is 2.51. The predicted molar refractivity (Wildman–Crippen MR) is 278 cm³/mol. The van der Waals surface area contributed by atoms with Crippen LogP contribution < -0.4 is 0 Å². The summed E-state index contributed by atoms with van der Waals surface area (Å²) in [6, 6.07) is 81.7. The molecule has 3 nitrogen and oxygen atoms in total. The lowest BCUT2D eigenvalue weighted by atomic mass is 9.68. The van der Waals surface area contributed by atoms with Gasteiger partial charge in [-0.1, -0.05) is 207 Å². The molecule has 1 fully saturated rings. The number of nitrogens with zero attached hydrogens (tertiary/aromatic N) is 3. The van der Waals surface area contributed by atoms with E-state index in [9.17, 15) is 0 Å². The lowest BCUT2D eigenvalue weighted by Crippen LogP contribution is -2.27. The lowest BCUT2D eigenvalue weighted by Gasteiger charge is -2.36. The number of hydrogen-bond donors (Lipinski definition) is 0. The first kappa shape index (κ1) is 39.2. The zero-order chi connectivity index (χ0) is 44.3. The number of aromatic nitrogens is 3. The molecule has 13 rings (SSSR count). The Hall–Kier alpha value is -8.14. The van der Waals surface area contributed by atoms with Crippen molar-refractivity contribution >= 4 is 21.8 Å². The summed E-state index contributed by atoms with van der Waals surface area (Å²) in [6.07, 6.45) is 6.31. The number of hydrogen-bond acceptors (Lipinski definition) is 2.